The largest absolute Gasteiger partial charge is 0.380 e. The summed E-state index contributed by atoms with van der Waals surface area (Å²) >= 11 is 0. The minimum Gasteiger partial charge on any atom is -0.380 e. The Labute approximate surface area is 210 Å². The van der Waals surface area contributed by atoms with Gasteiger partial charge in [-0.05, 0) is 17.7 Å². The van der Waals surface area contributed by atoms with Gasteiger partial charge in [-0.1, -0.05) is 0 Å². The maximum Gasteiger partial charge on any atom is 0.341 e. The highest BCUT2D eigenvalue weighted by atomic mass is 19.1. The first-order valence-electron chi connectivity index (χ1n) is 12.0. The van der Waals surface area contributed by atoms with Crippen LogP contribution in [0.4, 0.5) is 23.9 Å². The maximum absolute atomic E-state index is 14.4. The Morgan fingerprint density at radius 3 is 2.32 bits per heavy atom. The number of piperazine rings is 1. The maximum atomic E-state index is 14.4. The number of rotatable bonds is 3. The van der Waals surface area contributed by atoms with Crippen LogP contribution in [0.5, 0.6) is 0 Å². The van der Waals surface area contributed by atoms with Crippen molar-refractivity contribution in [1.82, 2.24) is 24.8 Å². The monoisotopic (exact) mass is 515 g/mol. The van der Waals surface area contributed by atoms with Crippen molar-refractivity contribution in [2.24, 2.45) is 10.5 Å². The first kappa shape index (κ1) is 23.6. The molecule has 1 unspecified atom stereocenters. The number of likely N-dealkylation sites (tertiary alicyclic amines) is 1. The molecule has 10 nitrogen and oxygen atoms in total. The van der Waals surface area contributed by atoms with Gasteiger partial charge in [0.05, 0.1) is 30.9 Å². The van der Waals surface area contributed by atoms with Crippen molar-refractivity contribution in [2.45, 2.75) is 12.5 Å². The molecule has 1 spiro atoms. The molecule has 6 rings (SSSR count). The lowest BCUT2D eigenvalue weighted by atomic mass is 9.78. The van der Waals surface area contributed by atoms with E-state index in [-0.39, 0.29) is 23.1 Å². The molecule has 194 valence electrons. The molecule has 1 atom stereocenters. The quantitative estimate of drug-likeness (QED) is 0.621. The van der Waals surface area contributed by atoms with Gasteiger partial charge in [-0.25, -0.2) is 32.9 Å². The number of carbonyl (C=O) groups is 2. The number of nitrogens with zero attached hydrogens (tertiary/aromatic N) is 7. The van der Waals surface area contributed by atoms with Crippen LogP contribution in [-0.2, 0) is 4.74 Å². The molecule has 0 aliphatic carbocycles. The van der Waals surface area contributed by atoms with Crippen LogP contribution < -0.4 is 4.90 Å². The molecule has 37 heavy (non-hydrogen) atoms. The number of ether oxygens (including phenoxy) is 1. The molecule has 5 heterocycles. The van der Waals surface area contributed by atoms with Gasteiger partial charge in [0.2, 0.25) is 5.95 Å². The van der Waals surface area contributed by atoms with Crippen LogP contribution in [0.1, 0.15) is 28.5 Å². The predicted octanol–water partition coefficient (Wildman–Crippen LogP) is 2.04. The van der Waals surface area contributed by atoms with Crippen molar-refractivity contribution < 1.29 is 27.5 Å². The van der Waals surface area contributed by atoms with E-state index in [1.165, 1.54) is 17.1 Å². The Morgan fingerprint density at radius 1 is 0.973 bits per heavy atom. The van der Waals surface area contributed by atoms with Gasteiger partial charge in [0.25, 0.3) is 5.91 Å². The van der Waals surface area contributed by atoms with E-state index in [4.69, 9.17) is 4.74 Å². The Kier molecular flexibility index (Phi) is 5.74. The van der Waals surface area contributed by atoms with E-state index >= 15 is 0 Å². The zero-order chi connectivity index (χ0) is 25.7. The zero-order valence-corrected chi connectivity index (χ0v) is 19.8. The van der Waals surface area contributed by atoms with Crippen LogP contribution in [0.15, 0.2) is 29.5 Å². The van der Waals surface area contributed by atoms with E-state index < -0.39 is 29.4 Å². The normalized spacial score (nSPS) is 22.3. The number of aromatic nitrogens is 2. The molecule has 1 aromatic carbocycles. The first-order valence-corrected chi connectivity index (χ1v) is 12.0. The standard InChI is InChI=1S/C24H24F3N7O3/c25-16-7-15(8-17(26)9-16)19-1-2-29-34(19)23(36)32-5-3-31(4-6-32)22-28-10-18(27)20(30-22)21(35)33-11-24(12-33)13-37-14-24/h2,7-10,19H,1,3-6,11-14H2. The summed E-state index contributed by atoms with van der Waals surface area (Å²) in [6.07, 6.45) is 2.89. The van der Waals surface area contributed by atoms with E-state index in [1.54, 1.807) is 20.9 Å². The second-order valence-corrected chi connectivity index (χ2v) is 9.87. The van der Waals surface area contributed by atoms with Crippen molar-refractivity contribution in [1.29, 1.82) is 0 Å². The second-order valence-electron chi connectivity index (χ2n) is 9.87. The number of benzene rings is 1. The molecular formula is C24H24F3N7O3. The summed E-state index contributed by atoms with van der Waals surface area (Å²) in [5, 5.41) is 5.38. The molecule has 3 saturated heterocycles. The number of halogens is 3. The highest BCUT2D eigenvalue weighted by molar-refractivity contribution is 5.93. The Hall–Kier alpha value is -3.74. The van der Waals surface area contributed by atoms with Gasteiger partial charge >= 0.3 is 6.03 Å². The summed E-state index contributed by atoms with van der Waals surface area (Å²) < 4.78 is 47.1. The van der Waals surface area contributed by atoms with Gasteiger partial charge in [-0.2, -0.15) is 5.10 Å². The van der Waals surface area contributed by atoms with Crippen molar-refractivity contribution in [3.63, 3.8) is 0 Å². The lowest BCUT2D eigenvalue weighted by Crippen LogP contribution is -2.67. The number of hydrogen-bond acceptors (Lipinski definition) is 7. The van der Waals surface area contributed by atoms with Crippen LogP contribution in [-0.4, -0.2) is 95.4 Å². The van der Waals surface area contributed by atoms with Crippen molar-refractivity contribution in [3.05, 3.63) is 53.1 Å². The fourth-order valence-electron chi connectivity index (χ4n) is 5.18. The van der Waals surface area contributed by atoms with E-state index in [0.29, 0.717) is 64.5 Å². The summed E-state index contributed by atoms with van der Waals surface area (Å²) in [5.41, 5.74) is 0.0681. The fourth-order valence-corrected chi connectivity index (χ4v) is 5.18. The van der Waals surface area contributed by atoms with Crippen molar-refractivity contribution in [3.8, 4) is 0 Å². The lowest BCUT2D eigenvalue weighted by Gasteiger charge is -2.54. The first-order chi connectivity index (χ1) is 17.8. The lowest BCUT2D eigenvalue weighted by molar-refractivity contribution is -0.176. The van der Waals surface area contributed by atoms with E-state index in [9.17, 15) is 22.8 Å². The summed E-state index contributed by atoms with van der Waals surface area (Å²) in [4.78, 5) is 39.2. The number of urea groups is 1. The number of hydrogen-bond donors (Lipinski definition) is 0. The molecule has 2 aromatic rings. The zero-order valence-electron chi connectivity index (χ0n) is 19.8. The van der Waals surface area contributed by atoms with Crippen LogP contribution >= 0.6 is 0 Å². The molecular weight excluding hydrogens is 491 g/mol. The molecule has 0 saturated carbocycles. The van der Waals surface area contributed by atoms with Gasteiger partial charge in [-0.15, -0.1) is 0 Å². The molecule has 0 radical (unpaired) electrons. The van der Waals surface area contributed by atoms with Gasteiger partial charge in [0.1, 0.15) is 11.6 Å². The summed E-state index contributed by atoms with van der Waals surface area (Å²) in [5.74, 6) is -2.47. The summed E-state index contributed by atoms with van der Waals surface area (Å²) in [6, 6.07) is 2.20. The van der Waals surface area contributed by atoms with Crippen LogP contribution in [0, 0.1) is 22.9 Å². The molecule has 13 heteroatoms. The third-order valence-electron chi connectivity index (χ3n) is 7.22. The minimum absolute atomic E-state index is 0.00605. The Bertz CT molecular complexity index is 1250. The van der Waals surface area contributed by atoms with Crippen LogP contribution in [0.25, 0.3) is 0 Å². The molecule has 4 aliphatic heterocycles. The molecule has 0 bridgehead atoms. The number of amides is 3. The molecule has 1 aromatic heterocycles. The summed E-state index contributed by atoms with van der Waals surface area (Å²) in [7, 11) is 0. The van der Waals surface area contributed by atoms with Crippen molar-refractivity contribution in [2.75, 3.05) is 57.4 Å². The second kappa shape index (κ2) is 8.98. The Morgan fingerprint density at radius 2 is 1.68 bits per heavy atom. The van der Waals surface area contributed by atoms with E-state index in [1.807, 2.05) is 0 Å². The van der Waals surface area contributed by atoms with Crippen molar-refractivity contribution >= 4 is 24.1 Å². The summed E-state index contributed by atoms with van der Waals surface area (Å²) in [6.45, 7) is 3.57. The third-order valence-corrected chi connectivity index (χ3v) is 7.22. The van der Waals surface area contributed by atoms with Crippen LogP contribution in [0.2, 0.25) is 0 Å². The number of anilines is 1. The fraction of sp³-hybridized carbons (Fsp3) is 0.458. The smallest absolute Gasteiger partial charge is 0.341 e. The molecule has 0 N–H and O–H groups in total. The minimum atomic E-state index is -0.778. The average molecular weight is 515 g/mol. The molecule has 4 aliphatic rings. The average Bonchev–Trinajstić information content (AvgIpc) is 3.32. The highest BCUT2D eigenvalue weighted by Gasteiger charge is 2.51. The number of carbonyl (C=O) groups excluding carboxylic acids is 2. The topological polar surface area (TPSA) is 94.5 Å². The van der Waals surface area contributed by atoms with Gasteiger partial charge in [-0.3, -0.25) is 4.79 Å². The van der Waals surface area contributed by atoms with E-state index in [2.05, 4.69) is 15.1 Å². The third kappa shape index (κ3) is 4.26. The highest BCUT2D eigenvalue weighted by Crippen LogP contribution is 2.38. The number of hydrazone groups is 1. The molecule has 3 amide bonds. The Balaban J connectivity index is 1.10. The van der Waals surface area contributed by atoms with Gasteiger partial charge in [0.15, 0.2) is 11.5 Å². The SMILES string of the molecule is O=C(c1nc(N2CCN(C(=O)N3N=CCC3c3cc(F)cc(F)c3)CC2)ncc1F)N1CC2(COC2)C1. The van der Waals surface area contributed by atoms with Gasteiger partial charge in [0, 0.05) is 58.0 Å². The predicted molar refractivity (Wildman–Crippen MR) is 124 cm³/mol. The van der Waals surface area contributed by atoms with Gasteiger partial charge < -0.3 is 19.4 Å². The van der Waals surface area contributed by atoms with Crippen LogP contribution in [0.3, 0.4) is 0 Å². The van der Waals surface area contributed by atoms with E-state index in [0.717, 1.165) is 12.3 Å². The molecule has 3 fully saturated rings.